The first-order valence-electron chi connectivity index (χ1n) is 4.68. The molecule has 0 bridgehead atoms. The van der Waals surface area contributed by atoms with Gasteiger partial charge in [0.05, 0.1) is 6.07 Å². The second-order valence-electron chi connectivity index (χ2n) is 3.13. The Morgan fingerprint density at radius 3 is 2.53 bits per heavy atom. The van der Waals surface area contributed by atoms with Gasteiger partial charge in [-0.25, -0.2) is 0 Å². The van der Waals surface area contributed by atoms with Crippen LogP contribution in [0.15, 0.2) is 0 Å². The molecule has 0 rings (SSSR count). The van der Waals surface area contributed by atoms with Crippen molar-refractivity contribution in [2.45, 2.75) is 19.0 Å². The van der Waals surface area contributed by atoms with Gasteiger partial charge in [-0.15, -0.1) is 0 Å². The van der Waals surface area contributed by atoms with E-state index in [4.69, 9.17) is 5.26 Å². The molecule has 0 aliphatic rings. The third-order valence-electron chi connectivity index (χ3n) is 1.85. The molecule has 1 N–H and O–H groups in total. The number of nitrogens with zero attached hydrogens (tertiary/aromatic N) is 1. The van der Waals surface area contributed by atoms with Crippen LogP contribution in [0.25, 0.3) is 0 Å². The van der Waals surface area contributed by atoms with E-state index in [-0.39, 0.29) is 6.54 Å². The van der Waals surface area contributed by atoms with E-state index >= 15 is 0 Å². The molecule has 88 valence electrons. The second-order valence-corrected chi connectivity index (χ2v) is 4.11. The van der Waals surface area contributed by atoms with Crippen molar-refractivity contribution in [2.75, 3.05) is 25.1 Å². The first-order valence-corrected chi connectivity index (χ1v) is 6.07. The largest absolute Gasteiger partial charge is 0.405 e. The Balaban J connectivity index is 3.53. The maximum atomic E-state index is 12.1. The number of nitrogens with one attached hydrogen (secondary N) is 1. The van der Waals surface area contributed by atoms with Crippen molar-refractivity contribution in [1.29, 1.82) is 5.26 Å². The molecular weight excluding hydrogens is 225 g/mol. The van der Waals surface area contributed by atoms with Gasteiger partial charge < -0.3 is 5.32 Å². The minimum atomic E-state index is -4.42. The molecule has 15 heavy (non-hydrogen) atoms. The van der Waals surface area contributed by atoms with E-state index in [2.05, 4.69) is 5.32 Å². The molecule has 0 aromatic heterocycles. The molecule has 0 saturated carbocycles. The molecule has 0 amide bonds. The van der Waals surface area contributed by atoms with E-state index in [1.807, 2.05) is 6.26 Å². The van der Waals surface area contributed by atoms with Gasteiger partial charge in [0.1, 0.15) is 0 Å². The summed E-state index contributed by atoms with van der Waals surface area (Å²) in [6.45, 7) is 0.230. The summed E-state index contributed by atoms with van der Waals surface area (Å²) in [6.07, 6.45) is -0.599. The van der Waals surface area contributed by atoms with E-state index in [9.17, 15) is 13.2 Å². The zero-order chi connectivity index (χ0) is 11.7. The normalized spacial score (nSPS) is 13.5. The Morgan fingerprint density at radius 2 is 2.07 bits per heavy atom. The fourth-order valence-electron chi connectivity index (χ4n) is 0.977. The molecule has 0 spiro atoms. The highest BCUT2D eigenvalue weighted by Gasteiger charge is 2.39. The first kappa shape index (κ1) is 14.6. The zero-order valence-corrected chi connectivity index (χ0v) is 9.42. The highest BCUT2D eigenvalue weighted by molar-refractivity contribution is 7.98. The number of halogens is 3. The summed E-state index contributed by atoms with van der Waals surface area (Å²) in [7, 11) is 0. The van der Waals surface area contributed by atoms with Gasteiger partial charge in [-0.3, -0.25) is 0 Å². The maximum Gasteiger partial charge on any atom is 0.405 e. The Morgan fingerprint density at radius 1 is 1.40 bits per heavy atom. The molecule has 2 nitrogen and oxygen atoms in total. The van der Waals surface area contributed by atoms with Gasteiger partial charge in [0.25, 0.3) is 0 Å². The van der Waals surface area contributed by atoms with Crippen molar-refractivity contribution in [3.8, 4) is 6.07 Å². The van der Waals surface area contributed by atoms with Crippen LogP contribution in [0.5, 0.6) is 0 Å². The molecule has 0 aromatic rings. The van der Waals surface area contributed by atoms with E-state index in [0.29, 0.717) is 6.54 Å². The highest BCUT2D eigenvalue weighted by Crippen LogP contribution is 2.24. The Kier molecular flexibility index (Phi) is 7.61. The van der Waals surface area contributed by atoms with Crippen molar-refractivity contribution in [3.63, 3.8) is 0 Å². The van der Waals surface area contributed by atoms with Gasteiger partial charge in [-0.2, -0.15) is 30.2 Å². The lowest BCUT2D eigenvalue weighted by Crippen LogP contribution is -2.32. The predicted octanol–water partition coefficient (Wildman–Crippen LogP) is 2.42. The summed E-state index contributed by atoms with van der Waals surface area (Å²) in [4.78, 5) is 0. The minimum Gasteiger partial charge on any atom is -0.315 e. The molecule has 0 aliphatic carbocycles. The van der Waals surface area contributed by atoms with Crippen LogP contribution in [0.1, 0.15) is 12.8 Å². The number of rotatable bonds is 7. The molecule has 1 atom stereocenters. The van der Waals surface area contributed by atoms with Crippen LogP contribution in [0.2, 0.25) is 0 Å². The number of hydrogen-bond acceptors (Lipinski definition) is 3. The van der Waals surface area contributed by atoms with Crippen molar-refractivity contribution < 1.29 is 13.2 Å². The van der Waals surface area contributed by atoms with Gasteiger partial charge in [-0.05, 0) is 31.4 Å². The maximum absolute atomic E-state index is 12.1. The molecule has 0 aromatic carbocycles. The summed E-state index contributed by atoms with van der Waals surface area (Å²) in [5.74, 6) is -0.874. The number of nitriles is 1. The summed E-state index contributed by atoms with van der Waals surface area (Å²) >= 11 is 1.71. The van der Waals surface area contributed by atoms with Crippen LogP contribution < -0.4 is 5.32 Å². The topological polar surface area (TPSA) is 35.8 Å². The predicted molar refractivity (Wildman–Crippen MR) is 55.6 cm³/mol. The SMILES string of the molecule is CSCCCCNCC(C#N)C(F)(F)F. The Hall–Kier alpha value is -0.410. The fourth-order valence-corrected chi connectivity index (χ4v) is 1.47. The van der Waals surface area contributed by atoms with Crippen molar-refractivity contribution in [1.82, 2.24) is 5.32 Å². The van der Waals surface area contributed by atoms with Gasteiger partial charge in [0, 0.05) is 6.54 Å². The average Bonchev–Trinajstić information content (AvgIpc) is 2.15. The number of thioether (sulfide) groups is 1. The van der Waals surface area contributed by atoms with Gasteiger partial charge >= 0.3 is 6.18 Å². The lowest BCUT2D eigenvalue weighted by atomic mass is 10.1. The highest BCUT2D eigenvalue weighted by atomic mass is 32.2. The summed E-state index contributed by atoms with van der Waals surface area (Å²) in [6, 6.07) is 1.25. The monoisotopic (exact) mass is 240 g/mol. The van der Waals surface area contributed by atoms with Crippen LogP contribution >= 0.6 is 11.8 Å². The average molecular weight is 240 g/mol. The first-order chi connectivity index (χ1) is 7.02. The van der Waals surface area contributed by atoms with E-state index in [1.54, 1.807) is 11.8 Å². The van der Waals surface area contributed by atoms with Gasteiger partial charge in [-0.1, -0.05) is 0 Å². The van der Waals surface area contributed by atoms with E-state index < -0.39 is 12.1 Å². The van der Waals surface area contributed by atoms with Crippen LogP contribution in [-0.4, -0.2) is 31.3 Å². The minimum absolute atomic E-state index is 0.306. The smallest absolute Gasteiger partial charge is 0.315 e. The third kappa shape index (κ3) is 7.51. The van der Waals surface area contributed by atoms with E-state index in [1.165, 1.54) is 6.07 Å². The van der Waals surface area contributed by atoms with Gasteiger partial charge in [0.15, 0.2) is 5.92 Å². The number of hydrogen-bond donors (Lipinski definition) is 1. The summed E-state index contributed by atoms with van der Waals surface area (Å²) in [5.41, 5.74) is 0. The van der Waals surface area contributed by atoms with E-state index in [0.717, 1.165) is 18.6 Å². The van der Waals surface area contributed by atoms with Crippen LogP contribution in [0.3, 0.4) is 0 Å². The third-order valence-corrected chi connectivity index (χ3v) is 2.55. The van der Waals surface area contributed by atoms with Crippen molar-refractivity contribution in [2.24, 2.45) is 5.92 Å². The van der Waals surface area contributed by atoms with Crippen LogP contribution in [-0.2, 0) is 0 Å². The molecule has 0 heterocycles. The Labute approximate surface area is 92.2 Å². The standard InChI is InChI=1S/C9H15F3N2S/c1-15-5-3-2-4-14-7-8(6-13)9(10,11)12/h8,14H,2-5,7H2,1H3. The van der Waals surface area contributed by atoms with Crippen molar-refractivity contribution >= 4 is 11.8 Å². The number of alkyl halides is 3. The zero-order valence-electron chi connectivity index (χ0n) is 8.60. The van der Waals surface area contributed by atoms with Gasteiger partial charge in [0.2, 0.25) is 0 Å². The van der Waals surface area contributed by atoms with Crippen LogP contribution in [0, 0.1) is 17.2 Å². The fraction of sp³-hybridized carbons (Fsp3) is 0.889. The lowest BCUT2D eigenvalue weighted by Gasteiger charge is -2.13. The van der Waals surface area contributed by atoms with Crippen molar-refractivity contribution in [3.05, 3.63) is 0 Å². The van der Waals surface area contributed by atoms with Crippen LogP contribution in [0.4, 0.5) is 13.2 Å². The second kappa shape index (κ2) is 7.83. The summed E-state index contributed by atoms with van der Waals surface area (Å²) in [5, 5.41) is 10.9. The lowest BCUT2D eigenvalue weighted by molar-refractivity contribution is -0.157. The molecule has 0 saturated heterocycles. The molecule has 0 aliphatic heterocycles. The molecule has 6 heteroatoms. The molecule has 1 unspecified atom stereocenters. The molecular formula is C9H15F3N2S. The Bertz CT molecular complexity index is 201. The quantitative estimate of drug-likeness (QED) is 0.694. The summed E-state index contributed by atoms with van der Waals surface area (Å²) < 4.78 is 36.3. The molecule has 0 fully saturated rings. The number of unbranched alkanes of at least 4 members (excludes halogenated alkanes) is 1. The molecule has 0 radical (unpaired) electrons.